The van der Waals surface area contributed by atoms with Gasteiger partial charge in [-0.15, -0.1) is 0 Å². The number of benzene rings is 2. The molecule has 0 aliphatic heterocycles. The molecule has 0 aliphatic rings. The van der Waals surface area contributed by atoms with Crippen molar-refractivity contribution in [2.24, 2.45) is 5.73 Å². The molecule has 0 radical (unpaired) electrons. The van der Waals surface area contributed by atoms with Crippen LogP contribution in [-0.2, 0) is 27.3 Å². The SMILES string of the molecule is CCOC(=O)C(N)Cc1ccc(OCc2cccc(C(=O)OC)c2)cc1. The average Bonchev–Trinajstić information content (AvgIpc) is 2.67. The van der Waals surface area contributed by atoms with E-state index in [4.69, 9.17) is 19.9 Å². The summed E-state index contributed by atoms with van der Waals surface area (Å²) < 4.78 is 15.3. The zero-order valence-electron chi connectivity index (χ0n) is 14.9. The molecule has 26 heavy (non-hydrogen) atoms. The van der Waals surface area contributed by atoms with Crippen LogP contribution in [0.2, 0.25) is 0 Å². The van der Waals surface area contributed by atoms with Gasteiger partial charge in [0.15, 0.2) is 0 Å². The van der Waals surface area contributed by atoms with Crippen molar-refractivity contribution in [2.45, 2.75) is 26.0 Å². The third-order valence-corrected chi connectivity index (χ3v) is 3.72. The van der Waals surface area contributed by atoms with Crippen LogP contribution < -0.4 is 10.5 Å². The summed E-state index contributed by atoms with van der Waals surface area (Å²) in [6.07, 6.45) is 0.403. The molecule has 0 aromatic heterocycles. The Morgan fingerprint density at radius 3 is 2.46 bits per heavy atom. The largest absolute Gasteiger partial charge is 0.489 e. The second kappa shape index (κ2) is 9.58. The molecule has 0 bridgehead atoms. The molecule has 2 rings (SSSR count). The molecule has 0 saturated carbocycles. The normalized spacial score (nSPS) is 11.5. The van der Waals surface area contributed by atoms with Crippen molar-refractivity contribution in [3.63, 3.8) is 0 Å². The number of esters is 2. The minimum atomic E-state index is -0.678. The molecule has 0 heterocycles. The topological polar surface area (TPSA) is 87.9 Å². The second-order valence-electron chi connectivity index (χ2n) is 5.69. The molecule has 2 aromatic carbocycles. The summed E-state index contributed by atoms with van der Waals surface area (Å²) in [6, 6.07) is 13.8. The smallest absolute Gasteiger partial charge is 0.337 e. The van der Waals surface area contributed by atoms with Gasteiger partial charge < -0.3 is 19.9 Å². The summed E-state index contributed by atoms with van der Waals surface area (Å²) >= 11 is 0. The third kappa shape index (κ3) is 5.60. The van der Waals surface area contributed by atoms with Gasteiger partial charge in [-0.25, -0.2) is 4.79 Å². The van der Waals surface area contributed by atoms with Crippen molar-refractivity contribution < 1.29 is 23.8 Å². The minimum absolute atomic E-state index is 0.316. The van der Waals surface area contributed by atoms with E-state index in [0.29, 0.717) is 30.9 Å². The maximum absolute atomic E-state index is 11.6. The Labute approximate surface area is 152 Å². The monoisotopic (exact) mass is 357 g/mol. The van der Waals surface area contributed by atoms with E-state index in [0.717, 1.165) is 11.1 Å². The highest BCUT2D eigenvalue weighted by Gasteiger charge is 2.15. The van der Waals surface area contributed by atoms with Crippen molar-refractivity contribution in [3.8, 4) is 5.75 Å². The van der Waals surface area contributed by atoms with Crippen molar-refractivity contribution in [2.75, 3.05) is 13.7 Å². The van der Waals surface area contributed by atoms with Gasteiger partial charge in [0.2, 0.25) is 0 Å². The van der Waals surface area contributed by atoms with Gasteiger partial charge in [-0.1, -0.05) is 24.3 Å². The molecule has 0 amide bonds. The lowest BCUT2D eigenvalue weighted by Crippen LogP contribution is -2.34. The fourth-order valence-electron chi connectivity index (χ4n) is 2.38. The van der Waals surface area contributed by atoms with Gasteiger partial charge in [-0.05, 0) is 48.7 Å². The van der Waals surface area contributed by atoms with E-state index in [2.05, 4.69) is 0 Å². The molecular weight excluding hydrogens is 334 g/mol. The fraction of sp³-hybridized carbons (Fsp3) is 0.300. The highest BCUT2D eigenvalue weighted by atomic mass is 16.5. The van der Waals surface area contributed by atoms with E-state index in [9.17, 15) is 9.59 Å². The van der Waals surface area contributed by atoms with Crippen LogP contribution in [0.1, 0.15) is 28.4 Å². The number of ether oxygens (including phenoxy) is 3. The van der Waals surface area contributed by atoms with Crippen LogP contribution in [0.4, 0.5) is 0 Å². The molecule has 1 atom stereocenters. The zero-order chi connectivity index (χ0) is 18.9. The number of hydrogen-bond acceptors (Lipinski definition) is 6. The molecule has 6 nitrogen and oxygen atoms in total. The van der Waals surface area contributed by atoms with Gasteiger partial charge in [0.1, 0.15) is 18.4 Å². The second-order valence-corrected chi connectivity index (χ2v) is 5.69. The number of carbonyl (C=O) groups is 2. The Balaban J connectivity index is 1.91. The van der Waals surface area contributed by atoms with E-state index >= 15 is 0 Å². The highest BCUT2D eigenvalue weighted by molar-refractivity contribution is 5.89. The lowest BCUT2D eigenvalue weighted by molar-refractivity contribution is -0.144. The van der Waals surface area contributed by atoms with Gasteiger partial charge in [0.25, 0.3) is 0 Å². The Kier molecular flexibility index (Phi) is 7.17. The molecule has 6 heteroatoms. The first-order valence-electron chi connectivity index (χ1n) is 8.34. The van der Waals surface area contributed by atoms with Crippen LogP contribution in [-0.4, -0.2) is 31.7 Å². The first-order chi connectivity index (χ1) is 12.5. The summed E-state index contributed by atoms with van der Waals surface area (Å²) in [4.78, 5) is 23.1. The van der Waals surface area contributed by atoms with E-state index in [-0.39, 0.29) is 5.97 Å². The van der Waals surface area contributed by atoms with E-state index in [1.54, 1.807) is 25.1 Å². The molecule has 138 valence electrons. The molecule has 2 aromatic rings. The van der Waals surface area contributed by atoms with Crippen LogP contribution in [0.3, 0.4) is 0 Å². The van der Waals surface area contributed by atoms with Gasteiger partial charge in [0.05, 0.1) is 19.3 Å². The maximum Gasteiger partial charge on any atom is 0.337 e. The first kappa shape index (κ1) is 19.5. The molecule has 0 fully saturated rings. The molecule has 0 saturated heterocycles. The minimum Gasteiger partial charge on any atom is -0.489 e. The van der Waals surface area contributed by atoms with Gasteiger partial charge in [0, 0.05) is 0 Å². The predicted octanol–water partition coefficient (Wildman–Crippen LogP) is 2.49. The van der Waals surface area contributed by atoms with Crippen molar-refractivity contribution in [3.05, 3.63) is 65.2 Å². The summed E-state index contributed by atoms with van der Waals surface area (Å²) in [5.41, 5.74) is 8.08. The standard InChI is InChI=1S/C20H23NO5/c1-3-25-20(23)18(21)12-14-7-9-17(10-8-14)26-13-15-5-4-6-16(11-15)19(22)24-2/h4-11,18H,3,12-13,21H2,1-2H3. The van der Waals surface area contributed by atoms with Gasteiger partial charge in [-0.3, -0.25) is 4.79 Å². The quantitative estimate of drug-likeness (QED) is 0.730. The fourth-order valence-corrected chi connectivity index (χ4v) is 2.38. The Bertz CT molecular complexity index is 742. The molecule has 0 aliphatic carbocycles. The molecule has 1 unspecified atom stereocenters. The van der Waals surface area contributed by atoms with Crippen molar-refractivity contribution in [1.29, 1.82) is 0 Å². The zero-order valence-corrected chi connectivity index (χ0v) is 14.9. The van der Waals surface area contributed by atoms with E-state index in [1.807, 2.05) is 30.3 Å². The van der Waals surface area contributed by atoms with Crippen LogP contribution in [0, 0.1) is 0 Å². The molecule has 0 spiro atoms. The molecule has 2 N–H and O–H groups in total. The van der Waals surface area contributed by atoms with Crippen LogP contribution >= 0.6 is 0 Å². The first-order valence-corrected chi connectivity index (χ1v) is 8.34. The van der Waals surface area contributed by atoms with Crippen LogP contribution in [0.15, 0.2) is 48.5 Å². The summed E-state index contributed by atoms with van der Waals surface area (Å²) in [5.74, 6) is -0.102. The molecular formula is C20H23NO5. The Morgan fingerprint density at radius 1 is 1.08 bits per heavy atom. The number of hydrogen-bond donors (Lipinski definition) is 1. The number of nitrogens with two attached hydrogens (primary N) is 1. The van der Waals surface area contributed by atoms with E-state index in [1.165, 1.54) is 7.11 Å². The van der Waals surface area contributed by atoms with E-state index < -0.39 is 12.0 Å². The number of carbonyl (C=O) groups excluding carboxylic acids is 2. The lowest BCUT2D eigenvalue weighted by Gasteiger charge is -2.11. The highest BCUT2D eigenvalue weighted by Crippen LogP contribution is 2.16. The third-order valence-electron chi connectivity index (χ3n) is 3.72. The summed E-state index contributed by atoms with van der Waals surface area (Å²) in [7, 11) is 1.35. The van der Waals surface area contributed by atoms with Crippen LogP contribution in [0.5, 0.6) is 5.75 Å². The Hall–Kier alpha value is -2.86. The number of methoxy groups -OCH3 is 1. The van der Waals surface area contributed by atoms with Crippen molar-refractivity contribution in [1.82, 2.24) is 0 Å². The Morgan fingerprint density at radius 2 is 1.81 bits per heavy atom. The number of rotatable bonds is 8. The van der Waals surface area contributed by atoms with Crippen molar-refractivity contribution >= 4 is 11.9 Å². The average molecular weight is 357 g/mol. The maximum atomic E-state index is 11.6. The lowest BCUT2D eigenvalue weighted by atomic mass is 10.1. The summed E-state index contributed by atoms with van der Waals surface area (Å²) in [6.45, 7) is 2.39. The summed E-state index contributed by atoms with van der Waals surface area (Å²) in [5, 5.41) is 0. The van der Waals surface area contributed by atoms with Crippen LogP contribution in [0.25, 0.3) is 0 Å². The predicted molar refractivity (Wildman–Crippen MR) is 96.9 cm³/mol. The van der Waals surface area contributed by atoms with Gasteiger partial charge in [-0.2, -0.15) is 0 Å². The van der Waals surface area contributed by atoms with Gasteiger partial charge >= 0.3 is 11.9 Å².